The summed E-state index contributed by atoms with van der Waals surface area (Å²) in [5.41, 5.74) is 6.13. The molecule has 0 aromatic carbocycles. The largest absolute Gasteiger partial charge is 0.383 e. The zero-order chi connectivity index (χ0) is 12.4. The molecule has 0 radical (unpaired) electrons. The van der Waals surface area contributed by atoms with Gasteiger partial charge >= 0.3 is 0 Å². The Morgan fingerprint density at radius 1 is 1.53 bits per heavy atom. The fourth-order valence-electron chi connectivity index (χ4n) is 2.22. The fraction of sp³-hybridized carbons (Fsp3) is 0.636. The first-order valence-electron chi connectivity index (χ1n) is 5.84. The van der Waals surface area contributed by atoms with Crippen LogP contribution in [0.2, 0.25) is 0 Å². The van der Waals surface area contributed by atoms with Crippen LogP contribution in [-0.4, -0.2) is 59.1 Å². The van der Waals surface area contributed by atoms with E-state index >= 15 is 0 Å². The van der Waals surface area contributed by atoms with Gasteiger partial charge in [0.2, 0.25) is 0 Å². The van der Waals surface area contributed by atoms with Gasteiger partial charge in [-0.25, -0.2) is 0 Å². The summed E-state index contributed by atoms with van der Waals surface area (Å²) in [5.74, 6) is 0.332. The van der Waals surface area contributed by atoms with E-state index in [1.54, 1.807) is 0 Å². The average molecular weight is 237 g/mol. The number of aromatic nitrogens is 2. The fourth-order valence-corrected chi connectivity index (χ4v) is 2.22. The number of hydrogen-bond donors (Lipinski definition) is 2. The number of nitrogens with two attached hydrogens (primary N) is 1. The number of anilines is 1. The van der Waals surface area contributed by atoms with Gasteiger partial charge in [0.05, 0.1) is 6.20 Å². The van der Waals surface area contributed by atoms with Crippen molar-refractivity contribution in [2.24, 2.45) is 0 Å². The van der Waals surface area contributed by atoms with Gasteiger partial charge < -0.3 is 15.5 Å². The molecule has 0 atom stereocenters. The summed E-state index contributed by atoms with van der Waals surface area (Å²) in [6.07, 6.45) is 3.52. The van der Waals surface area contributed by atoms with Crippen molar-refractivity contribution in [3.63, 3.8) is 0 Å². The van der Waals surface area contributed by atoms with Crippen molar-refractivity contribution in [1.82, 2.24) is 20.0 Å². The zero-order valence-electron chi connectivity index (χ0n) is 10.3. The number of nitrogens with zero attached hydrogens (tertiary/aromatic N) is 3. The molecule has 1 aliphatic heterocycles. The Hall–Kier alpha value is -1.56. The number of carbonyl (C=O) groups is 1. The molecule has 6 heteroatoms. The van der Waals surface area contributed by atoms with Crippen LogP contribution < -0.4 is 5.73 Å². The standard InChI is InChI=1S/C11H19N5O/c1-15(2)8-3-5-16(6-4-8)11(17)9-7-13-14-10(9)12/h7-8H,3-6H2,1-2H3,(H3,12,13,14). The Morgan fingerprint density at radius 2 is 2.18 bits per heavy atom. The van der Waals surface area contributed by atoms with Gasteiger partial charge in [-0.1, -0.05) is 0 Å². The molecule has 6 nitrogen and oxygen atoms in total. The maximum atomic E-state index is 12.1. The summed E-state index contributed by atoms with van der Waals surface area (Å²) in [6.45, 7) is 1.57. The lowest BCUT2D eigenvalue weighted by Gasteiger charge is -2.35. The smallest absolute Gasteiger partial charge is 0.259 e. The van der Waals surface area contributed by atoms with Crippen LogP contribution in [-0.2, 0) is 0 Å². The van der Waals surface area contributed by atoms with Gasteiger partial charge in [0.25, 0.3) is 5.91 Å². The van der Waals surface area contributed by atoms with E-state index in [4.69, 9.17) is 5.73 Å². The predicted octanol–water partition coefficient (Wildman–Crippen LogP) is 0.158. The number of nitrogen functional groups attached to an aromatic ring is 1. The molecule has 0 saturated carbocycles. The molecule has 0 aliphatic carbocycles. The van der Waals surface area contributed by atoms with Gasteiger partial charge in [0, 0.05) is 19.1 Å². The highest BCUT2D eigenvalue weighted by molar-refractivity contribution is 5.98. The Kier molecular flexibility index (Phi) is 3.33. The number of H-pyrrole nitrogens is 1. The van der Waals surface area contributed by atoms with Crippen LogP contribution in [0.25, 0.3) is 0 Å². The topological polar surface area (TPSA) is 78.2 Å². The average Bonchev–Trinajstić information content (AvgIpc) is 2.74. The SMILES string of the molecule is CN(C)C1CCN(C(=O)c2cn[nH]c2N)CC1. The third-order valence-corrected chi connectivity index (χ3v) is 3.38. The number of amides is 1. The summed E-state index contributed by atoms with van der Waals surface area (Å²) in [6, 6.07) is 0.570. The minimum Gasteiger partial charge on any atom is -0.383 e. The molecule has 1 aromatic rings. The van der Waals surface area contributed by atoms with Crippen LogP contribution in [0.15, 0.2) is 6.20 Å². The lowest BCUT2D eigenvalue weighted by molar-refractivity contribution is 0.0664. The second-order valence-electron chi connectivity index (χ2n) is 4.68. The summed E-state index contributed by atoms with van der Waals surface area (Å²) < 4.78 is 0. The summed E-state index contributed by atoms with van der Waals surface area (Å²) in [4.78, 5) is 16.2. The first-order valence-corrected chi connectivity index (χ1v) is 5.84. The van der Waals surface area contributed by atoms with E-state index in [9.17, 15) is 4.79 Å². The second-order valence-corrected chi connectivity index (χ2v) is 4.68. The summed E-state index contributed by atoms with van der Waals surface area (Å²) in [5, 5.41) is 6.36. The molecular weight excluding hydrogens is 218 g/mol. The van der Waals surface area contributed by atoms with Crippen molar-refractivity contribution in [1.29, 1.82) is 0 Å². The van der Waals surface area contributed by atoms with Crippen molar-refractivity contribution in [3.05, 3.63) is 11.8 Å². The van der Waals surface area contributed by atoms with E-state index in [1.165, 1.54) is 6.20 Å². The van der Waals surface area contributed by atoms with Crippen LogP contribution in [0.3, 0.4) is 0 Å². The van der Waals surface area contributed by atoms with Gasteiger partial charge in [-0.2, -0.15) is 5.10 Å². The number of nitrogens with one attached hydrogen (secondary N) is 1. The normalized spacial score (nSPS) is 17.7. The third kappa shape index (κ3) is 2.41. The molecule has 94 valence electrons. The quantitative estimate of drug-likeness (QED) is 0.768. The maximum absolute atomic E-state index is 12.1. The molecule has 0 unspecified atom stereocenters. The molecule has 3 N–H and O–H groups in total. The van der Waals surface area contributed by atoms with Crippen molar-refractivity contribution in [3.8, 4) is 0 Å². The highest BCUT2D eigenvalue weighted by atomic mass is 16.2. The van der Waals surface area contributed by atoms with Gasteiger partial charge in [-0.05, 0) is 26.9 Å². The number of rotatable bonds is 2. The highest BCUT2D eigenvalue weighted by Crippen LogP contribution is 2.18. The van der Waals surface area contributed by atoms with Gasteiger partial charge in [-0.3, -0.25) is 9.89 Å². The Morgan fingerprint density at radius 3 is 2.65 bits per heavy atom. The Labute approximate surface area is 101 Å². The van der Waals surface area contributed by atoms with Crippen LogP contribution >= 0.6 is 0 Å². The van der Waals surface area contributed by atoms with Crippen molar-refractivity contribution in [2.45, 2.75) is 18.9 Å². The van der Waals surface area contributed by atoms with Crippen LogP contribution in [0.4, 0.5) is 5.82 Å². The molecule has 1 aliphatic rings. The van der Waals surface area contributed by atoms with E-state index in [2.05, 4.69) is 29.2 Å². The van der Waals surface area contributed by atoms with E-state index < -0.39 is 0 Å². The molecule has 1 aromatic heterocycles. The number of piperidine rings is 1. The lowest BCUT2D eigenvalue weighted by Crippen LogP contribution is -2.44. The Bertz CT molecular complexity index is 392. The van der Waals surface area contributed by atoms with Crippen molar-refractivity contribution < 1.29 is 4.79 Å². The van der Waals surface area contributed by atoms with E-state index in [-0.39, 0.29) is 5.91 Å². The monoisotopic (exact) mass is 237 g/mol. The molecule has 17 heavy (non-hydrogen) atoms. The summed E-state index contributed by atoms with van der Waals surface area (Å²) in [7, 11) is 4.16. The molecular formula is C11H19N5O. The Balaban J connectivity index is 1.98. The van der Waals surface area contributed by atoms with Crippen LogP contribution in [0.5, 0.6) is 0 Å². The van der Waals surface area contributed by atoms with Crippen LogP contribution in [0.1, 0.15) is 23.2 Å². The molecule has 0 bridgehead atoms. The second kappa shape index (κ2) is 4.75. The zero-order valence-corrected chi connectivity index (χ0v) is 10.3. The minimum absolute atomic E-state index is 0.0199. The highest BCUT2D eigenvalue weighted by Gasteiger charge is 2.26. The number of aromatic amines is 1. The number of likely N-dealkylation sites (tertiary alicyclic amines) is 1. The van der Waals surface area contributed by atoms with Gasteiger partial charge in [0.1, 0.15) is 11.4 Å². The van der Waals surface area contributed by atoms with Crippen LogP contribution in [0, 0.1) is 0 Å². The molecule has 0 spiro atoms. The minimum atomic E-state index is -0.0199. The maximum Gasteiger partial charge on any atom is 0.259 e. The first kappa shape index (κ1) is 11.9. The van der Waals surface area contributed by atoms with E-state index in [0.29, 0.717) is 17.4 Å². The molecule has 2 heterocycles. The molecule has 1 amide bonds. The van der Waals surface area contributed by atoms with Gasteiger partial charge in [-0.15, -0.1) is 0 Å². The molecule has 2 rings (SSSR count). The molecule has 1 saturated heterocycles. The van der Waals surface area contributed by atoms with E-state index in [0.717, 1.165) is 25.9 Å². The van der Waals surface area contributed by atoms with Gasteiger partial charge in [0.15, 0.2) is 0 Å². The third-order valence-electron chi connectivity index (χ3n) is 3.38. The predicted molar refractivity (Wildman–Crippen MR) is 65.6 cm³/mol. The van der Waals surface area contributed by atoms with Crippen molar-refractivity contribution in [2.75, 3.05) is 32.9 Å². The first-order chi connectivity index (χ1) is 8.09. The lowest BCUT2D eigenvalue weighted by atomic mass is 10.0. The number of hydrogen-bond acceptors (Lipinski definition) is 4. The summed E-state index contributed by atoms with van der Waals surface area (Å²) >= 11 is 0. The number of carbonyl (C=O) groups excluding carboxylic acids is 1. The molecule has 1 fully saturated rings. The van der Waals surface area contributed by atoms with E-state index in [1.807, 2.05) is 4.90 Å². The van der Waals surface area contributed by atoms with Crippen molar-refractivity contribution >= 4 is 11.7 Å².